The first-order valence-electron chi connectivity index (χ1n) is 4.08. The number of Topliss-reactive ketones (excluding diaryl/α,β-unsaturated/α-hetero) is 1. The standard InChI is InChI=1S/C8H9N3O4/c1-5(12)3-6-7(11(13)14)8(15-2)10-4-9-6/h4H,3H2,1-2H3. The molecule has 15 heavy (non-hydrogen) atoms. The lowest BCUT2D eigenvalue weighted by atomic mass is 10.2. The molecule has 7 nitrogen and oxygen atoms in total. The molecule has 0 spiro atoms. The molecule has 0 bridgehead atoms. The Labute approximate surface area is 85.3 Å². The summed E-state index contributed by atoms with van der Waals surface area (Å²) >= 11 is 0. The summed E-state index contributed by atoms with van der Waals surface area (Å²) in [5, 5.41) is 10.7. The molecule has 80 valence electrons. The SMILES string of the molecule is COc1ncnc(CC(C)=O)c1[N+](=O)[O-]. The van der Waals surface area contributed by atoms with Crippen LogP contribution in [0.15, 0.2) is 6.33 Å². The van der Waals surface area contributed by atoms with Gasteiger partial charge in [0.25, 0.3) is 5.88 Å². The van der Waals surface area contributed by atoms with Gasteiger partial charge in [-0.3, -0.25) is 14.9 Å². The van der Waals surface area contributed by atoms with Crippen LogP contribution in [0.5, 0.6) is 5.88 Å². The number of hydrogen-bond donors (Lipinski definition) is 0. The zero-order chi connectivity index (χ0) is 11.4. The third-order valence-electron chi connectivity index (χ3n) is 1.66. The van der Waals surface area contributed by atoms with E-state index < -0.39 is 4.92 Å². The van der Waals surface area contributed by atoms with Crippen molar-refractivity contribution in [1.29, 1.82) is 0 Å². The maximum absolute atomic E-state index is 10.9. The van der Waals surface area contributed by atoms with Crippen LogP contribution in [-0.4, -0.2) is 27.8 Å². The van der Waals surface area contributed by atoms with Crippen molar-refractivity contribution in [3.63, 3.8) is 0 Å². The minimum absolute atomic E-state index is 0.0688. The first kappa shape index (κ1) is 11.0. The fourth-order valence-electron chi connectivity index (χ4n) is 1.09. The number of ketones is 1. The molecule has 0 radical (unpaired) electrons. The number of nitrogens with zero attached hydrogens (tertiary/aromatic N) is 3. The molecule has 0 saturated carbocycles. The Bertz CT molecular complexity index is 405. The van der Waals surface area contributed by atoms with Crippen molar-refractivity contribution in [2.75, 3.05) is 7.11 Å². The number of nitro groups is 1. The van der Waals surface area contributed by atoms with Crippen molar-refractivity contribution in [1.82, 2.24) is 9.97 Å². The molecule has 1 heterocycles. The van der Waals surface area contributed by atoms with Crippen molar-refractivity contribution in [3.05, 3.63) is 22.1 Å². The fourth-order valence-corrected chi connectivity index (χ4v) is 1.09. The molecular formula is C8H9N3O4. The monoisotopic (exact) mass is 211 g/mol. The maximum atomic E-state index is 10.9. The van der Waals surface area contributed by atoms with Crippen LogP contribution in [0, 0.1) is 10.1 Å². The Morgan fingerprint density at radius 2 is 2.27 bits per heavy atom. The molecular weight excluding hydrogens is 202 g/mol. The number of aromatic nitrogens is 2. The Morgan fingerprint density at radius 3 is 2.73 bits per heavy atom. The van der Waals surface area contributed by atoms with Crippen molar-refractivity contribution in [3.8, 4) is 5.88 Å². The zero-order valence-electron chi connectivity index (χ0n) is 8.26. The van der Waals surface area contributed by atoms with Crippen molar-refractivity contribution in [2.45, 2.75) is 13.3 Å². The summed E-state index contributed by atoms with van der Waals surface area (Å²) in [5.74, 6) is -0.342. The molecule has 0 N–H and O–H groups in total. The largest absolute Gasteiger partial charge is 0.476 e. The molecule has 0 amide bonds. The van der Waals surface area contributed by atoms with Crippen LogP contribution in [-0.2, 0) is 11.2 Å². The second-order valence-electron chi connectivity index (χ2n) is 2.81. The quantitative estimate of drug-likeness (QED) is 0.532. The Balaban J connectivity index is 3.25. The summed E-state index contributed by atoms with van der Waals surface area (Å²) in [5.41, 5.74) is -0.283. The molecule has 0 aliphatic rings. The highest BCUT2D eigenvalue weighted by atomic mass is 16.6. The summed E-state index contributed by atoms with van der Waals surface area (Å²) in [7, 11) is 1.27. The molecule has 0 unspecified atom stereocenters. The first-order chi connectivity index (χ1) is 7.06. The van der Waals surface area contributed by atoms with Gasteiger partial charge in [-0.2, -0.15) is 4.98 Å². The van der Waals surface area contributed by atoms with Gasteiger partial charge in [0.05, 0.1) is 18.5 Å². The van der Waals surface area contributed by atoms with E-state index in [0.29, 0.717) is 0 Å². The molecule has 0 aliphatic heterocycles. The smallest absolute Gasteiger partial charge is 0.352 e. The lowest BCUT2D eigenvalue weighted by Gasteiger charge is -2.02. The molecule has 1 rings (SSSR count). The minimum atomic E-state index is -0.656. The van der Waals surface area contributed by atoms with Crippen LogP contribution in [0.3, 0.4) is 0 Å². The number of hydrogen-bond acceptors (Lipinski definition) is 6. The second-order valence-corrected chi connectivity index (χ2v) is 2.81. The number of carbonyl (C=O) groups is 1. The van der Waals surface area contributed by atoms with Crippen LogP contribution in [0.1, 0.15) is 12.6 Å². The van der Waals surface area contributed by atoms with E-state index in [0.717, 1.165) is 6.33 Å². The van der Waals surface area contributed by atoms with Gasteiger partial charge in [0.1, 0.15) is 17.8 Å². The van der Waals surface area contributed by atoms with Crippen molar-refractivity contribution in [2.24, 2.45) is 0 Å². The van der Waals surface area contributed by atoms with Gasteiger partial charge in [0.15, 0.2) is 0 Å². The molecule has 0 aromatic carbocycles. The third-order valence-corrected chi connectivity index (χ3v) is 1.66. The molecule has 1 aromatic rings. The van der Waals surface area contributed by atoms with Crippen LogP contribution < -0.4 is 4.74 Å². The number of carbonyl (C=O) groups excluding carboxylic acids is 1. The third kappa shape index (κ3) is 2.46. The minimum Gasteiger partial charge on any atom is -0.476 e. The van der Waals surface area contributed by atoms with Gasteiger partial charge < -0.3 is 4.74 Å². The first-order valence-corrected chi connectivity index (χ1v) is 4.08. The van der Waals surface area contributed by atoms with E-state index in [1.54, 1.807) is 0 Å². The van der Waals surface area contributed by atoms with Crippen LogP contribution in [0.4, 0.5) is 5.69 Å². The molecule has 0 saturated heterocycles. The normalized spacial score (nSPS) is 9.73. The Hall–Kier alpha value is -2.05. The summed E-state index contributed by atoms with van der Waals surface area (Å²) in [6.07, 6.45) is 1.03. The van der Waals surface area contributed by atoms with E-state index in [4.69, 9.17) is 4.74 Å². The predicted octanol–water partition coefficient (Wildman–Crippen LogP) is 0.525. The van der Waals surface area contributed by atoms with E-state index in [1.165, 1.54) is 14.0 Å². The van der Waals surface area contributed by atoms with E-state index in [1.807, 2.05) is 0 Å². The summed E-state index contributed by atoms with van der Waals surface area (Å²) in [6, 6.07) is 0. The number of rotatable bonds is 4. The lowest BCUT2D eigenvalue weighted by molar-refractivity contribution is -0.387. The van der Waals surface area contributed by atoms with Crippen LogP contribution in [0.2, 0.25) is 0 Å². The van der Waals surface area contributed by atoms with Crippen molar-refractivity contribution < 1.29 is 14.5 Å². The van der Waals surface area contributed by atoms with E-state index in [9.17, 15) is 14.9 Å². The summed E-state index contributed by atoms with van der Waals surface area (Å²) < 4.78 is 4.72. The van der Waals surface area contributed by atoms with Crippen LogP contribution >= 0.6 is 0 Å². The fraction of sp³-hybridized carbons (Fsp3) is 0.375. The van der Waals surface area contributed by atoms with Gasteiger partial charge in [-0.15, -0.1) is 0 Å². The topological polar surface area (TPSA) is 95.2 Å². The summed E-state index contributed by atoms with van der Waals surface area (Å²) in [6.45, 7) is 1.33. The van der Waals surface area contributed by atoms with Gasteiger partial charge in [0.2, 0.25) is 0 Å². The number of ether oxygens (including phenoxy) is 1. The van der Waals surface area contributed by atoms with Gasteiger partial charge in [0, 0.05) is 0 Å². The highest BCUT2D eigenvalue weighted by Gasteiger charge is 2.24. The average molecular weight is 211 g/mol. The van der Waals surface area contributed by atoms with Gasteiger partial charge in [-0.25, -0.2) is 4.98 Å². The molecule has 0 fully saturated rings. The number of methoxy groups -OCH3 is 1. The second kappa shape index (κ2) is 4.45. The lowest BCUT2D eigenvalue weighted by Crippen LogP contribution is -2.06. The van der Waals surface area contributed by atoms with Crippen molar-refractivity contribution >= 4 is 11.5 Å². The van der Waals surface area contributed by atoms with E-state index >= 15 is 0 Å². The summed E-state index contributed by atoms with van der Waals surface area (Å²) in [4.78, 5) is 28.2. The molecule has 7 heteroatoms. The van der Waals surface area contributed by atoms with Crippen LogP contribution in [0.25, 0.3) is 0 Å². The Kier molecular flexibility index (Phi) is 3.27. The highest BCUT2D eigenvalue weighted by molar-refractivity contribution is 5.79. The maximum Gasteiger partial charge on any atom is 0.352 e. The Morgan fingerprint density at radius 1 is 1.60 bits per heavy atom. The average Bonchev–Trinajstić information content (AvgIpc) is 2.15. The molecule has 0 aliphatic carbocycles. The molecule has 1 aromatic heterocycles. The molecule has 0 atom stereocenters. The highest BCUT2D eigenvalue weighted by Crippen LogP contribution is 2.26. The predicted molar refractivity (Wildman–Crippen MR) is 49.6 cm³/mol. The van der Waals surface area contributed by atoms with Gasteiger partial charge in [-0.05, 0) is 6.92 Å². The zero-order valence-corrected chi connectivity index (χ0v) is 8.26. The van der Waals surface area contributed by atoms with E-state index in [2.05, 4.69) is 9.97 Å². The van der Waals surface area contributed by atoms with Gasteiger partial charge in [-0.1, -0.05) is 0 Å². The van der Waals surface area contributed by atoms with Gasteiger partial charge >= 0.3 is 5.69 Å². The van der Waals surface area contributed by atoms with E-state index in [-0.39, 0.29) is 29.5 Å².